The van der Waals surface area contributed by atoms with Crippen molar-refractivity contribution in [3.63, 3.8) is 0 Å². The Hall–Kier alpha value is -2.93. The molecule has 0 saturated carbocycles. The summed E-state index contributed by atoms with van der Waals surface area (Å²) in [5.74, 6) is -0.681. The summed E-state index contributed by atoms with van der Waals surface area (Å²) >= 11 is 0. The van der Waals surface area contributed by atoms with E-state index in [9.17, 15) is 14.7 Å². The highest BCUT2D eigenvalue weighted by atomic mass is 28.4. The number of benzene rings is 1. The molecule has 1 spiro atoms. The summed E-state index contributed by atoms with van der Waals surface area (Å²) in [7, 11) is -3.30. The molecule has 5 rings (SSSR count). The standard InChI is InChI=1S/C27H37FN6O4Si/c1-5-11-34-22-7-6-20(33-13-10-29-16-24(33)36)15-21(22)27(26(34)37)18(2)25(39(3,4)28)23(38-27)8-12-32-17-19(9-14-35)30-31-32/h5-7,15,17-18,23,25,29,35H,1,8-14,16H2,2-4H3/t18-,23+,25-,27+/m1/s1. The summed E-state index contributed by atoms with van der Waals surface area (Å²) in [5, 5.41) is 20.5. The third-order valence-corrected chi connectivity index (χ3v) is 10.7. The molecule has 4 atom stereocenters. The zero-order valence-electron chi connectivity index (χ0n) is 22.8. The van der Waals surface area contributed by atoms with Crippen molar-refractivity contribution in [2.75, 3.05) is 42.6 Å². The summed E-state index contributed by atoms with van der Waals surface area (Å²) < 4.78 is 24.5. The normalized spacial score (nSPS) is 27.1. The first-order valence-corrected chi connectivity index (χ1v) is 16.5. The van der Waals surface area contributed by atoms with Gasteiger partial charge in [0.2, 0.25) is 14.3 Å². The summed E-state index contributed by atoms with van der Waals surface area (Å²) in [4.78, 5) is 30.3. The minimum Gasteiger partial charge on any atom is -0.396 e. The molecule has 0 unspecified atom stereocenters. The van der Waals surface area contributed by atoms with Gasteiger partial charge in [-0.2, -0.15) is 0 Å². The van der Waals surface area contributed by atoms with Crippen LogP contribution in [0.25, 0.3) is 0 Å². The largest absolute Gasteiger partial charge is 0.396 e. The number of nitrogens with one attached hydrogen (secondary N) is 1. The maximum absolute atomic E-state index is 16.0. The van der Waals surface area contributed by atoms with Crippen LogP contribution < -0.4 is 15.1 Å². The molecule has 3 aliphatic rings. The van der Waals surface area contributed by atoms with Gasteiger partial charge in [0.25, 0.3) is 5.91 Å². The Morgan fingerprint density at radius 3 is 2.85 bits per heavy atom. The number of hydrogen-bond acceptors (Lipinski definition) is 7. The van der Waals surface area contributed by atoms with Gasteiger partial charge in [0.1, 0.15) is 0 Å². The summed E-state index contributed by atoms with van der Waals surface area (Å²) in [6.45, 7) is 11.3. The molecule has 2 fully saturated rings. The van der Waals surface area contributed by atoms with Gasteiger partial charge >= 0.3 is 0 Å². The summed E-state index contributed by atoms with van der Waals surface area (Å²) in [6, 6.07) is 5.62. The second-order valence-electron chi connectivity index (χ2n) is 11.1. The number of amides is 2. The smallest absolute Gasteiger partial charge is 0.264 e. The number of aromatic nitrogens is 3. The monoisotopic (exact) mass is 556 g/mol. The number of nitrogens with zero attached hydrogens (tertiary/aromatic N) is 5. The van der Waals surface area contributed by atoms with Crippen LogP contribution in [-0.2, 0) is 32.9 Å². The zero-order valence-corrected chi connectivity index (χ0v) is 23.8. The van der Waals surface area contributed by atoms with Crippen LogP contribution in [0.4, 0.5) is 15.5 Å². The van der Waals surface area contributed by atoms with Gasteiger partial charge in [-0.1, -0.05) is 18.2 Å². The topological polar surface area (TPSA) is 113 Å². The number of carbonyl (C=O) groups excluding carboxylic acids is 2. The van der Waals surface area contributed by atoms with E-state index in [2.05, 4.69) is 22.2 Å². The Morgan fingerprint density at radius 1 is 1.36 bits per heavy atom. The fourth-order valence-corrected chi connectivity index (χ4v) is 9.14. The van der Waals surface area contributed by atoms with Crippen LogP contribution >= 0.6 is 0 Å². The molecule has 1 aromatic carbocycles. The van der Waals surface area contributed by atoms with E-state index >= 15 is 4.11 Å². The van der Waals surface area contributed by atoms with E-state index in [1.54, 1.807) is 39.8 Å². The van der Waals surface area contributed by atoms with Gasteiger partial charge in [-0.3, -0.25) is 14.3 Å². The zero-order chi connectivity index (χ0) is 27.9. The number of halogens is 1. The highest BCUT2D eigenvalue weighted by molar-refractivity contribution is 6.72. The number of carbonyl (C=O) groups is 2. The van der Waals surface area contributed by atoms with Crippen LogP contribution in [0.3, 0.4) is 0 Å². The number of aliphatic hydroxyl groups excluding tert-OH is 1. The molecule has 0 aliphatic carbocycles. The van der Waals surface area contributed by atoms with Crippen LogP contribution in [0.2, 0.25) is 18.6 Å². The van der Waals surface area contributed by atoms with Crippen molar-refractivity contribution >= 4 is 31.6 Å². The van der Waals surface area contributed by atoms with Crippen molar-refractivity contribution < 1.29 is 23.5 Å². The van der Waals surface area contributed by atoms with Crippen molar-refractivity contribution in [1.82, 2.24) is 20.3 Å². The van der Waals surface area contributed by atoms with Crippen LogP contribution in [0, 0.1) is 5.92 Å². The van der Waals surface area contributed by atoms with E-state index in [1.807, 2.05) is 25.1 Å². The molecule has 0 bridgehead atoms. The number of rotatable bonds is 9. The maximum atomic E-state index is 16.0. The van der Waals surface area contributed by atoms with Crippen LogP contribution in [0.1, 0.15) is 24.6 Å². The van der Waals surface area contributed by atoms with Gasteiger partial charge in [0, 0.05) is 68.1 Å². The number of fused-ring (bicyclic) bond motifs is 2. The lowest BCUT2D eigenvalue weighted by molar-refractivity contribution is -0.145. The molecule has 39 heavy (non-hydrogen) atoms. The molecule has 4 heterocycles. The van der Waals surface area contributed by atoms with Crippen molar-refractivity contribution in [1.29, 1.82) is 0 Å². The van der Waals surface area contributed by atoms with Gasteiger partial charge in [0.05, 0.1) is 24.0 Å². The second-order valence-corrected chi connectivity index (χ2v) is 14.9. The van der Waals surface area contributed by atoms with Gasteiger partial charge in [-0.15, -0.1) is 11.7 Å². The minimum absolute atomic E-state index is 0.0154. The summed E-state index contributed by atoms with van der Waals surface area (Å²) in [6.07, 6.45) is 3.80. The van der Waals surface area contributed by atoms with Crippen molar-refractivity contribution in [2.45, 2.75) is 56.7 Å². The second kappa shape index (κ2) is 10.6. The Bertz CT molecular complexity index is 1270. The van der Waals surface area contributed by atoms with Gasteiger partial charge in [-0.25, -0.2) is 0 Å². The van der Waals surface area contributed by atoms with E-state index in [1.165, 1.54) is 0 Å². The highest BCUT2D eigenvalue weighted by Gasteiger charge is 2.66. The van der Waals surface area contributed by atoms with E-state index in [0.717, 1.165) is 0 Å². The molecule has 2 N–H and O–H groups in total. The number of ether oxygens (including phenoxy) is 1. The number of hydrogen-bond donors (Lipinski definition) is 2. The molecule has 2 aromatic rings. The fourth-order valence-electron chi connectivity index (χ4n) is 6.60. The number of aliphatic hydroxyl groups is 1. The number of anilines is 2. The Kier molecular flexibility index (Phi) is 7.48. The third kappa shape index (κ3) is 4.73. The van der Waals surface area contributed by atoms with E-state index in [-0.39, 0.29) is 25.0 Å². The quantitative estimate of drug-likeness (QED) is 0.277. The Morgan fingerprint density at radius 2 is 2.15 bits per heavy atom. The lowest BCUT2D eigenvalue weighted by Crippen LogP contribution is -2.48. The Labute approximate surface area is 229 Å². The Balaban J connectivity index is 1.53. The van der Waals surface area contributed by atoms with E-state index in [4.69, 9.17) is 4.74 Å². The molecule has 12 heteroatoms. The lowest BCUT2D eigenvalue weighted by atomic mass is 9.82. The molecular formula is C27H37FN6O4Si. The van der Waals surface area contributed by atoms with Gasteiger partial charge in [0.15, 0.2) is 5.60 Å². The van der Waals surface area contributed by atoms with E-state index in [0.29, 0.717) is 61.7 Å². The van der Waals surface area contributed by atoms with Crippen LogP contribution in [0.5, 0.6) is 0 Å². The van der Waals surface area contributed by atoms with Crippen LogP contribution in [-0.4, -0.2) is 79.2 Å². The van der Waals surface area contributed by atoms with Crippen LogP contribution in [0.15, 0.2) is 37.1 Å². The van der Waals surface area contributed by atoms with Crippen molar-refractivity contribution in [3.05, 3.63) is 48.3 Å². The first-order valence-electron chi connectivity index (χ1n) is 13.6. The average molecular weight is 557 g/mol. The molecule has 10 nitrogen and oxygen atoms in total. The minimum atomic E-state index is -3.30. The number of aryl methyl sites for hydroxylation is 1. The van der Waals surface area contributed by atoms with E-state index < -0.39 is 31.6 Å². The fraction of sp³-hybridized carbons (Fsp3) is 0.556. The van der Waals surface area contributed by atoms with Crippen molar-refractivity contribution in [2.24, 2.45) is 5.92 Å². The first kappa shape index (κ1) is 27.6. The molecule has 2 saturated heterocycles. The molecule has 0 radical (unpaired) electrons. The molecule has 1 aromatic heterocycles. The highest BCUT2D eigenvalue weighted by Crippen LogP contribution is 2.60. The molecule has 3 aliphatic heterocycles. The first-order chi connectivity index (χ1) is 18.6. The van der Waals surface area contributed by atoms with Crippen molar-refractivity contribution in [3.8, 4) is 0 Å². The molecular weight excluding hydrogens is 519 g/mol. The predicted molar refractivity (Wildman–Crippen MR) is 148 cm³/mol. The predicted octanol–water partition coefficient (Wildman–Crippen LogP) is 2.15. The maximum Gasteiger partial charge on any atom is 0.264 e. The summed E-state index contributed by atoms with van der Waals surface area (Å²) in [5.41, 5.74) is 0.980. The third-order valence-electron chi connectivity index (χ3n) is 8.25. The number of piperazine rings is 1. The average Bonchev–Trinajstić information content (AvgIpc) is 3.53. The lowest BCUT2D eigenvalue weighted by Gasteiger charge is -2.32. The van der Waals surface area contributed by atoms with Gasteiger partial charge in [-0.05, 0) is 37.7 Å². The molecule has 210 valence electrons. The van der Waals surface area contributed by atoms with Gasteiger partial charge < -0.3 is 29.1 Å². The SMILES string of the molecule is C=CCN1C(=O)[C@@]2(O[C@@H](CCn3cc(CCO)nn3)[C@H]([Si](C)(C)F)[C@H]2C)c2cc(N3CCNCC3=O)ccc21. The molecule has 2 amide bonds.